The van der Waals surface area contributed by atoms with Gasteiger partial charge in [-0.25, -0.2) is 0 Å². The van der Waals surface area contributed by atoms with E-state index in [1.165, 1.54) is 0 Å². The molecule has 0 saturated carbocycles. The maximum atomic E-state index is 13.0. The molecule has 7 nitrogen and oxygen atoms in total. The molecule has 2 aromatic rings. The van der Waals surface area contributed by atoms with Crippen LogP contribution in [-0.2, 0) is 38.5 Å². The molecule has 1 aliphatic rings. The van der Waals surface area contributed by atoms with E-state index in [1.807, 2.05) is 52.3 Å². The Morgan fingerprint density at radius 2 is 1.23 bits per heavy atom. The number of ether oxygens (including phenoxy) is 3. The van der Waals surface area contributed by atoms with Crippen molar-refractivity contribution in [1.82, 2.24) is 9.80 Å². The van der Waals surface area contributed by atoms with Crippen LogP contribution in [0.5, 0.6) is 5.75 Å². The topological polar surface area (TPSA) is 68.3 Å². The SMILES string of the molecule is CCCN(CCC)C(=O)CO[C@@H]1Cc2cccc(OCc3ccccc3)c2C[C@H]1OCC(=O)N(CCC)CCC. The lowest BCUT2D eigenvalue weighted by Crippen LogP contribution is -2.44. The molecule has 0 saturated heterocycles. The van der Waals surface area contributed by atoms with Crippen LogP contribution in [0.4, 0.5) is 0 Å². The number of nitrogens with zero attached hydrogens (tertiary/aromatic N) is 2. The third-order valence-corrected chi connectivity index (χ3v) is 7.23. The van der Waals surface area contributed by atoms with Crippen molar-refractivity contribution >= 4 is 11.8 Å². The van der Waals surface area contributed by atoms with Crippen LogP contribution in [-0.4, -0.2) is 73.2 Å². The Kier molecular flexibility index (Phi) is 13.5. The highest BCUT2D eigenvalue weighted by molar-refractivity contribution is 5.78. The Hall–Kier alpha value is -2.90. The fourth-order valence-corrected chi connectivity index (χ4v) is 5.26. The van der Waals surface area contributed by atoms with E-state index in [4.69, 9.17) is 14.2 Å². The fourth-order valence-electron chi connectivity index (χ4n) is 5.26. The van der Waals surface area contributed by atoms with Gasteiger partial charge in [0.25, 0.3) is 0 Å². The van der Waals surface area contributed by atoms with Crippen LogP contribution >= 0.6 is 0 Å². The molecule has 0 heterocycles. The Bertz CT molecular complexity index is 1030. The smallest absolute Gasteiger partial charge is 0.248 e. The number of fused-ring (bicyclic) bond motifs is 1. The average Bonchev–Trinajstić information content (AvgIpc) is 2.97. The predicted molar refractivity (Wildman–Crippen MR) is 158 cm³/mol. The van der Waals surface area contributed by atoms with Gasteiger partial charge in [0, 0.05) is 44.6 Å². The number of hydrogen-bond acceptors (Lipinski definition) is 5. The van der Waals surface area contributed by atoms with Gasteiger partial charge in [-0.3, -0.25) is 9.59 Å². The van der Waals surface area contributed by atoms with Gasteiger partial charge in [0.15, 0.2) is 0 Å². The third kappa shape index (κ3) is 9.34. The molecule has 7 heteroatoms. The monoisotopic (exact) mass is 552 g/mol. The quantitative estimate of drug-likeness (QED) is 0.262. The minimum Gasteiger partial charge on any atom is -0.489 e. The summed E-state index contributed by atoms with van der Waals surface area (Å²) in [6.07, 6.45) is 4.10. The minimum atomic E-state index is -0.360. The molecular formula is C33H48N2O5. The number of amides is 2. The van der Waals surface area contributed by atoms with Crippen molar-refractivity contribution in [2.45, 2.75) is 85.0 Å². The van der Waals surface area contributed by atoms with E-state index < -0.39 is 0 Å². The van der Waals surface area contributed by atoms with E-state index in [2.05, 4.69) is 33.8 Å². The van der Waals surface area contributed by atoms with Gasteiger partial charge in [0.2, 0.25) is 11.8 Å². The summed E-state index contributed by atoms with van der Waals surface area (Å²) in [5, 5.41) is 0. The maximum Gasteiger partial charge on any atom is 0.248 e. The molecule has 40 heavy (non-hydrogen) atoms. The Labute approximate surface area is 240 Å². The molecule has 2 atom stereocenters. The number of carbonyl (C=O) groups excluding carboxylic acids is 2. The molecule has 0 N–H and O–H groups in total. The van der Waals surface area contributed by atoms with Crippen molar-refractivity contribution in [3.63, 3.8) is 0 Å². The summed E-state index contributed by atoms with van der Waals surface area (Å²) in [5.41, 5.74) is 3.32. The standard InChI is InChI=1S/C33H48N2O5/c1-5-17-34(18-6-2)32(36)24-39-30-21-27-15-12-16-29(38-23-26-13-10-9-11-14-26)28(27)22-31(30)40-25-33(37)35(19-7-3)20-8-4/h9-16,30-31H,5-8,17-25H2,1-4H3/t30-,31-/m1/s1. The first-order chi connectivity index (χ1) is 19.5. The molecule has 0 aromatic heterocycles. The summed E-state index contributed by atoms with van der Waals surface area (Å²) in [7, 11) is 0. The van der Waals surface area contributed by atoms with Crippen molar-refractivity contribution in [3.05, 3.63) is 65.2 Å². The van der Waals surface area contributed by atoms with Crippen LogP contribution in [0.1, 0.15) is 70.1 Å². The van der Waals surface area contributed by atoms with Crippen molar-refractivity contribution < 1.29 is 23.8 Å². The summed E-state index contributed by atoms with van der Waals surface area (Å²) in [6, 6.07) is 16.2. The Morgan fingerprint density at radius 1 is 0.700 bits per heavy atom. The first kappa shape index (κ1) is 31.6. The number of hydrogen-bond donors (Lipinski definition) is 0. The van der Waals surface area contributed by atoms with Gasteiger partial charge in [-0.2, -0.15) is 0 Å². The summed E-state index contributed by atoms with van der Waals surface area (Å²) >= 11 is 0. The summed E-state index contributed by atoms with van der Waals surface area (Å²) in [5.74, 6) is 0.822. The van der Waals surface area contributed by atoms with Crippen LogP contribution in [0, 0.1) is 0 Å². The normalized spacial score (nSPS) is 16.3. The van der Waals surface area contributed by atoms with E-state index in [1.54, 1.807) is 0 Å². The largest absolute Gasteiger partial charge is 0.489 e. The van der Waals surface area contributed by atoms with Crippen LogP contribution < -0.4 is 4.74 Å². The highest BCUT2D eigenvalue weighted by Gasteiger charge is 2.33. The molecular weight excluding hydrogens is 504 g/mol. The number of benzene rings is 2. The Morgan fingerprint density at radius 3 is 1.75 bits per heavy atom. The van der Waals surface area contributed by atoms with Crippen molar-refractivity contribution in [2.24, 2.45) is 0 Å². The zero-order valence-corrected chi connectivity index (χ0v) is 24.9. The van der Waals surface area contributed by atoms with Gasteiger partial charge in [-0.15, -0.1) is 0 Å². The van der Waals surface area contributed by atoms with Gasteiger partial charge in [0.1, 0.15) is 25.6 Å². The predicted octanol–water partition coefficient (Wildman–Crippen LogP) is 5.43. The highest BCUT2D eigenvalue weighted by atomic mass is 16.5. The van der Waals surface area contributed by atoms with E-state index in [-0.39, 0.29) is 37.2 Å². The zero-order valence-electron chi connectivity index (χ0n) is 24.9. The molecule has 0 unspecified atom stereocenters. The second-order valence-electron chi connectivity index (χ2n) is 10.5. The van der Waals surface area contributed by atoms with Crippen molar-refractivity contribution in [2.75, 3.05) is 39.4 Å². The second kappa shape index (κ2) is 17.0. The molecule has 3 rings (SSSR count). The van der Waals surface area contributed by atoms with Gasteiger partial charge in [-0.05, 0) is 42.9 Å². The fraction of sp³-hybridized carbons (Fsp3) is 0.576. The van der Waals surface area contributed by atoms with Crippen LogP contribution in [0.15, 0.2) is 48.5 Å². The molecule has 220 valence electrons. The van der Waals surface area contributed by atoms with E-state index >= 15 is 0 Å². The van der Waals surface area contributed by atoms with E-state index in [0.29, 0.717) is 19.4 Å². The molecule has 1 aliphatic carbocycles. The highest BCUT2D eigenvalue weighted by Crippen LogP contribution is 2.33. The summed E-state index contributed by atoms with van der Waals surface area (Å²) in [4.78, 5) is 29.7. The van der Waals surface area contributed by atoms with Crippen LogP contribution in [0.2, 0.25) is 0 Å². The lowest BCUT2D eigenvalue weighted by atomic mass is 9.87. The third-order valence-electron chi connectivity index (χ3n) is 7.23. The first-order valence-electron chi connectivity index (χ1n) is 15.1. The summed E-state index contributed by atoms with van der Waals surface area (Å²) < 4.78 is 18.8. The van der Waals surface area contributed by atoms with Gasteiger partial charge >= 0.3 is 0 Å². The molecule has 2 aromatic carbocycles. The average molecular weight is 553 g/mol. The molecule has 0 fully saturated rings. The number of rotatable bonds is 17. The molecule has 0 spiro atoms. The van der Waals surface area contributed by atoms with Crippen LogP contribution in [0.3, 0.4) is 0 Å². The first-order valence-corrected chi connectivity index (χ1v) is 15.1. The summed E-state index contributed by atoms with van der Waals surface area (Å²) in [6.45, 7) is 11.7. The van der Waals surface area contributed by atoms with Crippen molar-refractivity contribution in [3.8, 4) is 5.75 Å². The van der Waals surface area contributed by atoms with Crippen molar-refractivity contribution in [1.29, 1.82) is 0 Å². The van der Waals surface area contributed by atoms with Gasteiger partial charge in [0.05, 0.1) is 12.2 Å². The van der Waals surface area contributed by atoms with Gasteiger partial charge in [-0.1, -0.05) is 70.2 Å². The lowest BCUT2D eigenvalue weighted by molar-refractivity contribution is -0.149. The number of carbonyl (C=O) groups is 2. The second-order valence-corrected chi connectivity index (χ2v) is 10.5. The molecule has 0 radical (unpaired) electrons. The van der Waals surface area contributed by atoms with Gasteiger partial charge < -0.3 is 24.0 Å². The minimum absolute atomic E-state index is 0.00124. The van der Waals surface area contributed by atoms with Crippen LogP contribution in [0.25, 0.3) is 0 Å². The molecule has 2 amide bonds. The lowest BCUT2D eigenvalue weighted by Gasteiger charge is -2.34. The van der Waals surface area contributed by atoms with E-state index in [9.17, 15) is 9.59 Å². The molecule has 0 aliphatic heterocycles. The Balaban J connectivity index is 1.76. The zero-order chi connectivity index (χ0) is 28.7. The molecule has 0 bridgehead atoms. The van der Waals surface area contributed by atoms with E-state index in [0.717, 1.165) is 74.3 Å². The maximum absolute atomic E-state index is 13.0.